The van der Waals surface area contributed by atoms with Crippen LogP contribution in [-0.4, -0.2) is 5.11 Å². The molecule has 0 saturated heterocycles. The highest BCUT2D eigenvalue weighted by molar-refractivity contribution is 5.29. The van der Waals surface area contributed by atoms with E-state index in [0.29, 0.717) is 0 Å². The van der Waals surface area contributed by atoms with Gasteiger partial charge in [-0.15, -0.1) is 0 Å². The lowest BCUT2D eigenvalue weighted by atomic mass is 10.2. The van der Waals surface area contributed by atoms with Gasteiger partial charge in [-0.3, -0.25) is 0 Å². The summed E-state index contributed by atoms with van der Waals surface area (Å²) >= 11 is 0. The topological polar surface area (TPSA) is 20.2 Å². The first-order chi connectivity index (χ1) is 6.88. The Balaban J connectivity index is 2.30. The van der Waals surface area contributed by atoms with Crippen LogP contribution in [0.1, 0.15) is 17.2 Å². The van der Waals surface area contributed by atoms with E-state index in [4.69, 9.17) is 0 Å². The van der Waals surface area contributed by atoms with Crippen LogP contribution in [0.4, 0.5) is 0 Å². The van der Waals surface area contributed by atoms with Gasteiger partial charge in [0.05, 0.1) is 0 Å². The summed E-state index contributed by atoms with van der Waals surface area (Å²) in [6.07, 6.45) is -0.516. The molecule has 0 fully saturated rings. The van der Waals surface area contributed by atoms with E-state index in [9.17, 15) is 5.11 Å². The zero-order valence-electron chi connectivity index (χ0n) is 7.80. The highest BCUT2D eigenvalue weighted by atomic mass is 16.3. The highest BCUT2D eigenvalue weighted by Gasteiger charge is 2.07. The fourth-order valence-electron chi connectivity index (χ4n) is 1.46. The molecular weight excluding hydrogens is 176 g/mol. The third-order valence-corrected chi connectivity index (χ3v) is 2.23. The Morgan fingerprint density at radius 3 is 1.36 bits per heavy atom. The average Bonchev–Trinajstić information content (AvgIpc) is 2.30. The van der Waals surface area contributed by atoms with Crippen molar-refractivity contribution < 1.29 is 5.11 Å². The smallest absolute Gasteiger partial charge is 0.104 e. The van der Waals surface area contributed by atoms with E-state index in [1.165, 1.54) is 0 Å². The van der Waals surface area contributed by atoms with Crippen molar-refractivity contribution >= 4 is 0 Å². The number of hydrogen-bond acceptors (Lipinski definition) is 1. The van der Waals surface area contributed by atoms with Crippen molar-refractivity contribution in [1.82, 2.24) is 0 Å². The van der Waals surface area contributed by atoms with Crippen LogP contribution >= 0.6 is 0 Å². The third-order valence-electron chi connectivity index (χ3n) is 2.23. The Labute approximate surface area is 83.6 Å². The predicted octanol–water partition coefficient (Wildman–Crippen LogP) is 2.77. The normalized spacial score (nSPS) is 12.4. The molecule has 1 N–H and O–H groups in total. The minimum atomic E-state index is -0.516. The van der Waals surface area contributed by atoms with Gasteiger partial charge in [0.15, 0.2) is 0 Å². The van der Waals surface area contributed by atoms with Crippen molar-refractivity contribution in [3.63, 3.8) is 0 Å². The quantitative estimate of drug-likeness (QED) is 0.768. The molecule has 0 aliphatic heterocycles. The van der Waals surface area contributed by atoms with Gasteiger partial charge >= 0.3 is 0 Å². The van der Waals surface area contributed by atoms with Crippen LogP contribution < -0.4 is 0 Å². The van der Waals surface area contributed by atoms with Crippen molar-refractivity contribution in [2.75, 3.05) is 0 Å². The summed E-state index contributed by atoms with van der Waals surface area (Å²) in [4.78, 5) is 0. The minimum Gasteiger partial charge on any atom is -0.384 e. The molecule has 0 unspecified atom stereocenters. The van der Waals surface area contributed by atoms with Gasteiger partial charge in [0.2, 0.25) is 0 Å². The van der Waals surface area contributed by atoms with E-state index < -0.39 is 6.10 Å². The Hall–Kier alpha value is -1.60. The number of aliphatic hydroxyl groups is 1. The van der Waals surface area contributed by atoms with E-state index in [1.807, 2.05) is 60.7 Å². The van der Waals surface area contributed by atoms with E-state index in [-0.39, 0.29) is 0 Å². The molecule has 0 aliphatic carbocycles. The maximum Gasteiger partial charge on any atom is 0.104 e. The van der Waals surface area contributed by atoms with E-state index in [1.54, 1.807) is 0 Å². The molecule has 2 aromatic carbocycles. The Bertz CT molecular complexity index is 341. The lowest BCUT2D eigenvalue weighted by Crippen LogP contribution is -1.98. The van der Waals surface area contributed by atoms with Crippen LogP contribution in [0.5, 0.6) is 0 Å². The van der Waals surface area contributed by atoms with Gasteiger partial charge in [0, 0.05) is 0 Å². The maximum atomic E-state index is 9.99. The lowest BCUT2D eigenvalue weighted by Gasteiger charge is -2.10. The molecule has 2 rings (SSSR count). The first-order valence-corrected chi connectivity index (χ1v) is 4.66. The largest absolute Gasteiger partial charge is 0.384 e. The standard InChI is InChI=1S/C13H12O/c14-13(11-7-3-1-4-8-11)12-9-5-2-6-10-12/h1-10,13-14H/i1+1,7+1,8+1,11+1/t13-/m0/s1. The molecule has 0 aromatic heterocycles. The van der Waals surface area contributed by atoms with Gasteiger partial charge in [0.25, 0.3) is 0 Å². The minimum absolute atomic E-state index is 0.516. The second-order valence-electron chi connectivity index (χ2n) is 3.22. The average molecular weight is 188 g/mol. The van der Waals surface area contributed by atoms with Crippen molar-refractivity contribution in [1.29, 1.82) is 0 Å². The maximum absolute atomic E-state index is 9.99. The summed E-state index contributed by atoms with van der Waals surface area (Å²) in [6.45, 7) is 0. The Morgan fingerprint density at radius 1 is 0.643 bits per heavy atom. The van der Waals surface area contributed by atoms with Crippen LogP contribution in [0.3, 0.4) is 0 Å². The second kappa shape index (κ2) is 4.07. The Kier molecular flexibility index (Phi) is 2.61. The summed E-state index contributed by atoms with van der Waals surface area (Å²) in [6, 6.07) is 19.3. The summed E-state index contributed by atoms with van der Waals surface area (Å²) in [7, 11) is 0. The van der Waals surface area contributed by atoms with E-state index in [0.717, 1.165) is 11.1 Å². The van der Waals surface area contributed by atoms with Crippen molar-refractivity contribution in [3.05, 3.63) is 71.8 Å². The second-order valence-corrected chi connectivity index (χ2v) is 3.22. The molecule has 0 radical (unpaired) electrons. The van der Waals surface area contributed by atoms with Crippen LogP contribution in [0.15, 0.2) is 60.7 Å². The first-order valence-electron chi connectivity index (χ1n) is 4.66. The van der Waals surface area contributed by atoms with E-state index in [2.05, 4.69) is 0 Å². The van der Waals surface area contributed by atoms with Gasteiger partial charge in [-0.05, 0) is 11.1 Å². The molecule has 0 aliphatic rings. The van der Waals surface area contributed by atoms with Crippen molar-refractivity contribution in [3.8, 4) is 0 Å². The molecule has 0 amide bonds. The summed E-state index contributed by atoms with van der Waals surface area (Å²) in [5, 5.41) is 9.99. The van der Waals surface area contributed by atoms with Gasteiger partial charge in [0.1, 0.15) is 6.10 Å². The molecule has 0 heterocycles. The molecule has 0 spiro atoms. The molecular formula is C13H12O. The molecule has 70 valence electrons. The lowest BCUT2D eigenvalue weighted by molar-refractivity contribution is 0.220. The third kappa shape index (κ3) is 1.83. The molecule has 2 aromatic rings. The van der Waals surface area contributed by atoms with Crippen LogP contribution in [0.25, 0.3) is 0 Å². The van der Waals surface area contributed by atoms with Crippen molar-refractivity contribution in [2.45, 2.75) is 6.10 Å². The van der Waals surface area contributed by atoms with Gasteiger partial charge in [-0.25, -0.2) is 0 Å². The summed E-state index contributed by atoms with van der Waals surface area (Å²) < 4.78 is 0. The van der Waals surface area contributed by atoms with Gasteiger partial charge in [-0.1, -0.05) is 60.7 Å². The fourth-order valence-corrected chi connectivity index (χ4v) is 1.46. The number of aliphatic hydroxyl groups excluding tert-OH is 1. The van der Waals surface area contributed by atoms with Gasteiger partial charge in [-0.2, -0.15) is 0 Å². The number of hydrogen-bond donors (Lipinski definition) is 1. The van der Waals surface area contributed by atoms with Gasteiger partial charge < -0.3 is 5.11 Å². The molecule has 0 bridgehead atoms. The summed E-state index contributed by atoms with van der Waals surface area (Å²) in [5.41, 5.74) is 1.86. The van der Waals surface area contributed by atoms with Crippen LogP contribution in [-0.2, 0) is 0 Å². The number of rotatable bonds is 2. The molecule has 1 atom stereocenters. The fraction of sp³-hybridized carbons (Fsp3) is 0.0769. The highest BCUT2D eigenvalue weighted by Crippen LogP contribution is 2.20. The number of benzene rings is 2. The van der Waals surface area contributed by atoms with Crippen molar-refractivity contribution in [2.24, 2.45) is 0 Å². The van der Waals surface area contributed by atoms with Crippen LogP contribution in [0, 0.1) is 0 Å². The molecule has 1 nitrogen and oxygen atoms in total. The molecule has 0 saturated carbocycles. The zero-order valence-corrected chi connectivity index (χ0v) is 7.80. The van der Waals surface area contributed by atoms with E-state index >= 15 is 0 Å². The monoisotopic (exact) mass is 188 g/mol. The predicted molar refractivity (Wildman–Crippen MR) is 56.9 cm³/mol. The first kappa shape index (κ1) is 8.97. The Morgan fingerprint density at radius 2 is 1.00 bits per heavy atom. The SMILES string of the molecule is O[C@H](c1ccccc1)[13c]1[13cH]c[13cH]c[13cH]1. The van der Waals surface area contributed by atoms with Crippen LogP contribution in [0.2, 0.25) is 0 Å². The summed E-state index contributed by atoms with van der Waals surface area (Å²) in [5.74, 6) is 0. The molecule has 1 heteroatoms. The molecule has 14 heavy (non-hydrogen) atoms. The zero-order chi connectivity index (χ0) is 9.80.